The van der Waals surface area contributed by atoms with Gasteiger partial charge in [0.2, 0.25) is 0 Å². The highest BCUT2D eigenvalue weighted by Gasteiger charge is 2.48. The van der Waals surface area contributed by atoms with E-state index in [9.17, 15) is 15.5 Å². The average molecular weight is 666 g/mol. The van der Waals surface area contributed by atoms with Crippen molar-refractivity contribution in [3.63, 3.8) is 0 Å². The lowest BCUT2D eigenvalue weighted by Gasteiger charge is -2.45. The summed E-state index contributed by atoms with van der Waals surface area (Å²) in [5.74, 6) is -0.951. The number of piperidine rings is 1. The van der Waals surface area contributed by atoms with Crippen LogP contribution in [0.25, 0.3) is 32.9 Å². The van der Waals surface area contributed by atoms with Crippen LogP contribution >= 0.6 is 0 Å². The van der Waals surface area contributed by atoms with E-state index in [2.05, 4.69) is 19.8 Å². The Hall–Kier alpha value is -3.75. The normalized spacial score (nSPS) is 25.0. The molecule has 4 aromatic rings. The van der Waals surface area contributed by atoms with Crippen molar-refractivity contribution in [2.75, 3.05) is 51.1 Å². The Labute approximate surface area is 277 Å². The van der Waals surface area contributed by atoms with Crippen LogP contribution in [0, 0.1) is 17.0 Å². The standard InChI is InChI=1S/C35H41F2N5O6/c1-3-23-26(36)8-7-21-14-22(43)15-24(28(21)23)30-29(37)31-25(16-38-30)32(41-12-13-46-18-34(2,44)17-41)40-33(39-31)47-19-35-9-4-6-27(35)42(20-48-45)11-5-10-35/h7-8,14-16,27,43-45H,3-6,9-13,17-20H2,1-2H3/t27?,34-,35?/m0/s1. The van der Waals surface area contributed by atoms with Gasteiger partial charge in [-0.1, -0.05) is 19.4 Å². The van der Waals surface area contributed by atoms with E-state index in [1.54, 1.807) is 13.0 Å². The van der Waals surface area contributed by atoms with Gasteiger partial charge in [-0.3, -0.25) is 15.1 Å². The summed E-state index contributed by atoms with van der Waals surface area (Å²) in [6.45, 7) is 5.71. The first kappa shape index (κ1) is 32.8. The number of anilines is 1. The minimum absolute atomic E-state index is 0.0185. The van der Waals surface area contributed by atoms with E-state index in [4.69, 9.17) is 14.5 Å². The van der Waals surface area contributed by atoms with Crippen LogP contribution in [0.4, 0.5) is 14.6 Å². The monoisotopic (exact) mass is 665 g/mol. The second kappa shape index (κ2) is 12.9. The first-order valence-electron chi connectivity index (χ1n) is 16.6. The number of pyridine rings is 1. The molecular weight excluding hydrogens is 624 g/mol. The predicted octanol–water partition coefficient (Wildman–Crippen LogP) is 5.44. The van der Waals surface area contributed by atoms with Crippen LogP contribution in [0.2, 0.25) is 0 Å². The van der Waals surface area contributed by atoms with Crippen LogP contribution in [0.1, 0.15) is 51.5 Å². The summed E-state index contributed by atoms with van der Waals surface area (Å²) in [5, 5.41) is 32.1. The minimum atomic E-state index is -1.20. The molecule has 2 saturated heterocycles. The van der Waals surface area contributed by atoms with Crippen molar-refractivity contribution in [3.8, 4) is 23.0 Å². The summed E-state index contributed by atoms with van der Waals surface area (Å²) in [6, 6.07) is 5.94. The number of aryl methyl sites for hydroxylation is 1. The van der Waals surface area contributed by atoms with Crippen LogP contribution < -0.4 is 9.64 Å². The molecule has 2 aliphatic heterocycles. The van der Waals surface area contributed by atoms with Gasteiger partial charge >= 0.3 is 6.01 Å². The number of benzene rings is 2. The van der Waals surface area contributed by atoms with Gasteiger partial charge in [0, 0.05) is 36.3 Å². The number of fused-ring (bicyclic) bond motifs is 3. The zero-order valence-corrected chi connectivity index (χ0v) is 27.2. The van der Waals surface area contributed by atoms with Crippen molar-refractivity contribution in [2.45, 2.75) is 64.0 Å². The molecule has 2 aromatic heterocycles. The molecule has 2 unspecified atom stereocenters. The van der Waals surface area contributed by atoms with Crippen LogP contribution in [0.15, 0.2) is 30.5 Å². The molecule has 3 N–H and O–H groups in total. The fourth-order valence-electron chi connectivity index (χ4n) is 8.18. The summed E-state index contributed by atoms with van der Waals surface area (Å²) >= 11 is 0. The van der Waals surface area contributed by atoms with Crippen molar-refractivity contribution in [3.05, 3.63) is 47.7 Å². The Morgan fingerprint density at radius 1 is 1.12 bits per heavy atom. The molecule has 4 heterocycles. The smallest absolute Gasteiger partial charge is 0.319 e. The highest BCUT2D eigenvalue weighted by molar-refractivity contribution is 6.01. The number of aromatic hydroxyl groups is 1. The fraction of sp³-hybridized carbons (Fsp3) is 0.514. The number of phenolic OH excluding ortho intramolecular Hbond substituents is 1. The zero-order chi connectivity index (χ0) is 33.6. The second-order valence-electron chi connectivity index (χ2n) is 13.7. The number of phenols is 1. The summed E-state index contributed by atoms with van der Waals surface area (Å²) in [6.07, 6.45) is 6.55. The molecule has 0 spiro atoms. The lowest BCUT2D eigenvalue weighted by molar-refractivity contribution is -0.278. The van der Waals surface area contributed by atoms with Crippen molar-refractivity contribution in [1.82, 2.24) is 19.9 Å². The topological polar surface area (TPSA) is 134 Å². The highest BCUT2D eigenvalue weighted by Crippen LogP contribution is 2.48. The van der Waals surface area contributed by atoms with Gasteiger partial charge in [0.1, 0.15) is 40.9 Å². The third kappa shape index (κ3) is 5.91. The first-order chi connectivity index (χ1) is 23.1. The number of ether oxygens (including phenoxy) is 2. The first-order valence-corrected chi connectivity index (χ1v) is 16.6. The van der Waals surface area contributed by atoms with E-state index in [0.717, 1.165) is 38.6 Å². The second-order valence-corrected chi connectivity index (χ2v) is 13.7. The van der Waals surface area contributed by atoms with Crippen molar-refractivity contribution in [1.29, 1.82) is 0 Å². The van der Waals surface area contributed by atoms with E-state index < -0.39 is 17.2 Å². The highest BCUT2D eigenvalue weighted by atomic mass is 19.1. The number of likely N-dealkylation sites (tertiary alicyclic amines) is 1. The van der Waals surface area contributed by atoms with Gasteiger partial charge in [0.25, 0.3) is 0 Å². The molecule has 11 nitrogen and oxygen atoms in total. The van der Waals surface area contributed by atoms with Crippen LogP contribution in [0.3, 0.4) is 0 Å². The van der Waals surface area contributed by atoms with Crippen LogP contribution in [-0.2, 0) is 16.0 Å². The van der Waals surface area contributed by atoms with Gasteiger partial charge in [0.05, 0.1) is 31.8 Å². The Morgan fingerprint density at radius 3 is 2.77 bits per heavy atom. The molecule has 3 aliphatic rings. The van der Waals surface area contributed by atoms with Crippen LogP contribution in [-0.4, -0.2) is 93.2 Å². The van der Waals surface area contributed by atoms with E-state index in [-0.39, 0.29) is 59.9 Å². The van der Waals surface area contributed by atoms with Gasteiger partial charge in [-0.25, -0.2) is 13.7 Å². The largest absolute Gasteiger partial charge is 0.508 e. The lowest BCUT2D eigenvalue weighted by atomic mass is 9.75. The summed E-state index contributed by atoms with van der Waals surface area (Å²) in [4.78, 5) is 22.4. The molecule has 1 saturated carbocycles. The van der Waals surface area contributed by atoms with Gasteiger partial charge in [-0.2, -0.15) is 9.97 Å². The van der Waals surface area contributed by atoms with E-state index in [1.165, 1.54) is 24.4 Å². The van der Waals surface area contributed by atoms with Crippen molar-refractivity contribution < 1.29 is 38.6 Å². The quantitative estimate of drug-likeness (QED) is 0.164. The maximum atomic E-state index is 16.9. The van der Waals surface area contributed by atoms with Crippen molar-refractivity contribution in [2.24, 2.45) is 5.41 Å². The summed E-state index contributed by atoms with van der Waals surface area (Å²) in [5.41, 5.74) is -0.907. The van der Waals surface area contributed by atoms with E-state index in [1.807, 2.05) is 11.8 Å². The van der Waals surface area contributed by atoms with Gasteiger partial charge < -0.3 is 24.6 Å². The van der Waals surface area contributed by atoms with E-state index >= 15 is 8.78 Å². The van der Waals surface area contributed by atoms with Gasteiger partial charge in [-0.05, 0) is 73.6 Å². The molecule has 13 heteroatoms. The zero-order valence-electron chi connectivity index (χ0n) is 27.2. The minimum Gasteiger partial charge on any atom is -0.508 e. The molecule has 7 rings (SSSR count). The van der Waals surface area contributed by atoms with E-state index in [0.29, 0.717) is 53.7 Å². The maximum absolute atomic E-state index is 16.9. The number of halogens is 2. The number of rotatable bonds is 8. The molecule has 0 radical (unpaired) electrons. The lowest BCUT2D eigenvalue weighted by Crippen LogP contribution is -2.52. The number of nitrogens with zero attached hydrogens (tertiary/aromatic N) is 5. The van der Waals surface area contributed by atoms with Gasteiger partial charge in [-0.15, -0.1) is 0 Å². The average Bonchev–Trinajstić information content (AvgIpc) is 3.42. The molecule has 2 aromatic carbocycles. The molecular formula is C35H41F2N5O6. The van der Waals surface area contributed by atoms with Crippen LogP contribution in [0.5, 0.6) is 11.8 Å². The Bertz CT molecular complexity index is 1840. The SMILES string of the molecule is CCc1c(F)ccc2cc(O)cc(-c3ncc4c(N5CCOC[C@@](C)(O)C5)nc(OCC56CCCC5N(COO)CCC6)nc4c3F)c12. The molecule has 3 fully saturated rings. The molecule has 48 heavy (non-hydrogen) atoms. The molecule has 1 aliphatic carbocycles. The third-order valence-corrected chi connectivity index (χ3v) is 10.3. The number of hydrogen-bond acceptors (Lipinski definition) is 11. The summed E-state index contributed by atoms with van der Waals surface area (Å²) < 4.78 is 44.0. The van der Waals surface area contributed by atoms with Crippen molar-refractivity contribution >= 4 is 27.5 Å². The Morgan fingerprint density at radius 2 is 1.96 bits per heavy atom. The number of β-amino-alcohol motifs (C(OH)–C–C–N with tert-alkyl or cyclic N) is 1. The fourth-order valence-corrected chi connectivity index (χ4v) is 8.18. The maximum Gasteiger partial charge on any atom is 0.319 e. The van der Waals surface area contributed by atoms with Gasteiger partial charge in [0.15, 0.2) is 5.82 Å². The molecule has 256 valence electrons. The molecule has 0 amide bonds. The Balaban J connectivity index is 1.36. The number of aliphatic hydroxyl groups is 1. The summed E-state index contributed by atoms with van der Waals surface area (Å²) in [7, 11) is 0. The molecule has 3 atom stereocenters. The number of hydrogen-bond donors (Lipinski definition) is 3. The third-order valence-electron chi connectivity index (χ3n) is 10.3. The Kier molecular flexibility index (Phi) is 8.84. The molecule has 0 bridgehead atoms. The number of aromatic nitrogens is 3. The predicted molar refractivity (Wildman–Crippen MR) is 175 cm³/mol.